The van der Waals surface area contributed by atoms with Gasteiger partial charge >= 0.3 is 0 Å². The molecule has 0 spiro atoms. The number of aromatic nitrogens is 2. The summed E-state index contributed by atoms with van der Waals surface area (Å²) in [6.07, 6.45) is 18.2. The molecule has 0 amide bonds. The van der Waals surface area contributed by atoms with Crippen LogP contribution >= 0.6 is 0 Å². The van der Waals surface area contributed by atoms with Crippen LogP contribution in [-0.4, -0.2) is 20.8 Å². The number of rotatable bonds is 5. The fourth-order valence-electron chi connectivity index (χ4n) is 1.79. The van der Waals surface area contributed by atoms with Gasteiger partial charge in [-0.1, -0.05) is 30.4 Å². The van der Waals surface area contributed by atoms with Crippen molar-refractivity contribution in [2.45, 2.75) is 31.9 Å². The molecule has 1 aliphatic carbocycles. The molecule has 1 unspecified atom stereocenters. The van der Waals surface area contributed by atoms with Crippen molar-refractivity contribution >= 4 is 0 Å². The Morgan fingerprint density at radius 1 is 1.53 bits per heavy atom. The molecule has 0 aliphatic heterocycles. The fraction of sp³-hybridized carbons (Fsp3) is 0.357. The molecule has 1 aromatic heterocycles. The zero-order valence-electron chi connectivity index (χ0n) is 9.87. The Morgan fingerprint density at radius 3 is 3.18 bits per heavy atom. The van der Waals surface area contributed by atoms with Crippen LogP contribution < -0.4 is 0 Å². The Balaban J connectivity index is 1.76. The molecule has 3 heteroatoms. The second-order valence-electron chi connectivity index (χ2n) is 4.22. The van der Waals surface area contributed by atoms with Gasteiger partial charge in [0.25, 0.3) is 0 Å². The number of hydrogen-bond donors (Lipinski definition) is 1. The summed E-state index contributed by atoms with van der Waals surface area (Å²) in [4.78, 5) is 3.97. The molecule has 0 aromatic carbocycles. The van der Waals surface area contributed by atoms with Crippen molar-refractivity contribution in [1.82, 2.24) is 9.55 Å². The minimum absolute atomic E-state index is 0.385. The molecule has 0 radical (unpaired) electrons. The molecule has 1 atom stereocenters. The van der Waals surface area contributed by atoms with E-state index in [0.717, 1.165) is 25.8 Å². The summed E-state index contributed by atoms with van der Waals surface area (Å²) >= 11 is 0. The molecule has 0 bridgehead atoms. The number of aliphatic hydroxyl groups is 1. The first kappa shape index (κ1) is 11.9. The minimum atomic E-state index is -0.385. The molecule has 90 valence electrons. The average molecular weight is 230 g/mol. The summed E-state index contributed by atoms with van der Waals surface area (Å²) in [5.41, 5.74) is 1.29. The Morgan fingerprint density at radius 2 is 2.47 bits per heavy atom. The predicted octanol–water partition coefficient (Wildman–Crippen LogP) is 2.47. The summed E-state index contributed by atoms with van der Waals surface area (Å²) in [6.45, 7) is 0.796. The van der Waals surface area contributed by atoms with Gasteiger partial charge in [-0.05, 0) is 24.8 Å². The monoisotopic (exact) mass is 230 g/mol. The highest BCUT2D eigenvalue weighted by atomic mass is 16.3. The quantitative estimate of drug-likeness (QED) is 0.843. The Kier molecular flexibility index (Phi) is 4.33. The van der Waals surface area contributed by atoms with E-state index in [2.05, 4.69) is 23.2 Å². The Bertz CT molecular complexity index is 415. The first-order chi connectivity index (χ1) is 8.34. The van der Waals surface area contributed by atoms with Crippen LogP contribution in [0.5, 0.6) is 0 Å². The van der Waals surface area contributed by atoms with Gasteiger partial charge in [0.15, 0.2) is 0 Å². The van der Waals surface area contributed by atoms with Gasteiger partial charge < -0.3 is 9.67 Å². The lowest BCUT2D eigenvalue weighted by Gasteiger charge is -2.07. The molecule has 0 fully saturated rings. The summed E-state index contributed by atoms with van der Waals surface area (Å²) in [7, 11) is 0. The van der Waals surface area contributed by atoms with Crippen molar-refractivity contribution < 1.29 is 5.11 Å². The van der Waals surface area contributed by atoms with E-state index in [0.29, 0.717) is 0 Å². The summed E-state index contributed by atoms with van der Waals surface area (Å²) in [5.74, 6) is 0. The van der Waals surface area contributed by atoms with Crippen LogP contribution in [0, 0.1) is 0 Å². The van der Waals surface area contributed by atoms with E-state index >= 15 is 0 Å². The van der Waals surface area contributed by atoms with Crippen molar-refractivity contribution in [3.05, 3.63) is 54.7 Å². The van der Waals surface area contributed by atoms with Gasteiger partial charge in [-0.2, -0.15) is 0 Å². The SMILES string of the molecule is OC(/C=C/C1=CC=CCC1)CCn1ccnc1. The van der Waals surface area contributed by atoms with Gasteiger partial charge in [0.2, 0.25) is 0 Å². The molecule has 0 saturated heterocycles. The Labute approximate surface area is 102 Å². The van der Waals surface area contributed by atoms with E-state index in [1.165, 1.54) is 5.57 Å². The van der Waals surface area contributed by atoms with Crippen molar-refractivity contribution in [1.29, 1.82) is 0 Å². The second-order valence-corrected chi connectivity index (χ2v) is 4.22. The van der Waals surface area contributed by atoms with E-state index in [1.54, 1.807) is 12.5 Å². The number of aliphatic hydroxyl groups excluding tert-OH is 1. The number of imidazole rings is 1. The predicted molar refractivity (Wildman–Crippen MR) is 68.4 cm³/mol. The highest BCUT2D eigenvalue weighted by Crippen LogP contribution is 2.13. The van der Waals surface area contributed by atoms with Crippen LogP contribution in [0.25, 0.3) is 0 Å². The topological polar surface area (TPSA) is 38.0 Å². The lowest BCUT2D eigenvalue weighted by atomic mass is 10.0. The largest absolute Gasteiger partial charge is 0.389 e. The van der Waals surface area contributed by atoms with Gasteiger partial charge in [0, 0.05) is 18.9 Å². The van der Waals surface area contributed by atoms with E-state index in [1.807, 2.05) is 22.9 Å². The average Bonchev–Trinajstić information content (AvgIpc) is 2.88. The fourth-order valence-corrected chi connectivity index (χ4v) is 1.79. The lowest BCUT2D eigenvalue weighted by molar-refractivity contribution is 0.205. The first-order valence-electron chi connectivity index (χ1n) is 6.02. The molecule has 2 rings (SSSR count). The van der Waals surface area contributed by atoms with Crippen LogP contribution in [-0.2, 0) is 6.54 Å². The van der Waals surface area contributed by atoms with Gasteiger partial charge in [-0.25, -0.2) is 4.98 Å². The normalized spacial score (nSPS) is 17.4. The smallest absolute Gasteiger partial charge is 0.0945 e. The number of allylic oxidation sites excluding steroid dienone is 5. The van der Waals surface area contributed by atoms with Crippen molar-refractivity contribution in [2.24, 2.45) is 0 Å². The molecule has 1 N–H and O–H groups in total. The Hall–Kier alpha value is -1.61. The third-order valence-electron chi connectivity index (χ3n) is 2.82. The maximum atomic E-state index is 9.81. The maximum absolute atomic E-state index is 9.81. The van der Waals surface area contributed by atoms with Crippen molar-refractivity contribution in [2.75, 3.05) is 0 Å². The maximum Gasteiger partial charge on any atom is 0.0945 e. The van der Waals surface area contributed by atoms with Gasteiger partial charge in [-0.15, -0.1) is 0 Å². The number of aryl methyl sites for hydroxylation is 1. The third kappa shape index (κ3) is 4.04. The van der Waals surface area contributed by atoms with Crippen LogP contribution in [0.4, 0.5) is 0 Å². The van der Waals surface area contributed by atoms with Crippen molar-refractivity contribution in [3.8, 4) is 0 Å². The molecular weight excluding hydrogens is 212 g/mol. The van der Waals surface area contributed by atoms with Crippen LogP contribution in [0.2, 0.25) is 0 Å². The van der Waals surface area contributed by atoms with Crippen LogP contribution in [0.15, 0.2) is 54.7 Å². The van der Waals surface area contributed by atoms with Gasteiger partial charge in [-0.3, -0.25) is 0 Å². The van der Waals surface area contributed by atoms with E-state index in [4.69, 9.17) is 0 Å². The van der Waals surface area contributed by atoms with Gasteiger partial charge in [0.1, 0.15) is 0 Å². The second kappa shape index (κ2) is 6.21. The summed E-state index contributed by atoms with van der Waals surface area (Å²) < 4.78 is 1.97. The van der Waals surface area contributed by atoms with Crippen LogP contribution in [0.1, 0.15) is 19.3 Å². The molecule has 3 nitrogen and oxygen atoms in total. The highest BCUT2D eigenvalue weighted by Gasteiger charge is 2.01. The molecule has 17 heavy (non-hydrogen) atoms. The van der Waals surface area contributed by atoms with Crippen molar-refractivity contribution in [3.63, 3.8) is 0 Å². The zero-order valence-corrected chi connectivity index (χ0v) is 9.87. The van der Waals surface area contributed by atoms with Gasteiger partial charge in [0.05, 0.1) is 12.4 Å². The minimum Gasteiger partial charge on any atom is -0.389 e. The van der Waals surface area contributed by atoms with E-state index in [9.17, 15) is 5.11 Å². The molecule has 1 heterocycles. The zero-order chi connectivity index (χ0) is 11.9. The lowest BCUT2D eigenvalue weighted by Crippen LogP contribution is -2.07. The number of hydrogen-bond acceptors (Lipinski definition) is 2. The standard InChI is InChI=1S/C14H18N2O/c17-14(8-10-16-11-9-15-12-16)7-6-13-4-2-1-3-5-13/h1-2,4,6-7,9,11-12,14,17H,3,5,8,10H2/b7-6+. The van der Waals surface area contributed by atoms with Crippen LogP contribution in [0.3, 0.4) is 0 Å². The number of nitrogens with zero attached hydrogens (tertiary/aromatic N) is 2. The highest BCUT2D eigenvalue weighted by molar-refractivity contribution is 5.27. The first-order valence-corrected chi connectivity index (χ1v) is 6.02. The summed E-state index contributed by atoms with van der Waals surface area (Å²) in [5, 5.41) is 9.81. The molecular formula is C14H18N2O. The molecule has 1 aromatic rings. The molecule has 1 aliphatic rings. The third-order valence-corrected chi connectivity index (χ3v) is 2.82. The molecule has 0 saturated carbocycles. The van der Waals surface area contributed by atoms with E-state index < -0.39 is 0 Å². The van der Waals surface area contributed by atoms with E-state index in [-0.39, 0.29) is 6.10 Å². The summed E-state index contributed by atoms with van der Waals surface area (Å²) in [6, 6.07) is 0.